The molecule has 2 saturated heterocycles. The maximum absolute atomic E-state index is 12.1. The Hall–Kier alpha value is -0.930. The molecule has 1 aliphatic carbocycles. The first-order chi connectivity index (χ1) is 9.17. The zero-order valence-electron chi connectivity index (χ0n) is 10.8. The van der Waals surface area contributed by atoms with E-state index in [4.69, 9.17) is 0 Å². The van der Waals surface area contributed by atoms with Crippen LogP contribution in [0.2, 0.25) is 0 Å². The van der Waals surface area contributed by atoms with Gasteiger partial charge in [-0.3, -0.25) is 4.21 Å². The van der Waals surface area contributed by atoms with E-state index in [1.807, 2.05) is 6.07 Å². The molecule has 0 spiro atoms. The van der Waals surface area contributed by atoms with E-state index in [-0.39, 0.29) is 10.5 Å². The third kappa shape index (κ3) is 1.68. The minimum Gasteiger partial charge on any atom is -0.385 e. The van der Waals surface area contributed by atoms with Gasteiger partial charge in [0.15, 0.2) is 0 Å². The highest BCUT2D eigenvalue weighted by atomic mass is 32.2. The smallest absolute Gasteiger partial charge is 0.0922 e. The lowest BCUT2D eigenvalue weighted by Crippen LogP contribution is -2.40. The van der Waals surface area contributed by atoms with Crippen LogP contribution in [-0.4, -0.2) is 19.8 Å². The molecule has 2 aliphatic heterocycles. The Labute approximate surface area is 116 Å². The van der Waals surface area contributed by atoms with Crippen LogP contribution in [0.25, 0.3) is 6.08 Å². The molecule has 2 atom stereocenters. The first-order valence-corrected chi connectivity index (χ1v) is 8.36. The van der Waals surface area contributed by atoms with Crippen LogP contribution >= 0.6 is 0 Å². The van der Waals surface area contributed by atoms with Crippen molar-refractivity contribution in [2.75, 3.05) is 0 Å². The molecule has 1 aromatic rings. The summed E-state index contributed by atoms with van der Waals surface area (Å²) in [4.78, 5) is 0. The topological polar surface area (TPSA) is 37.3 Å². The second-order valence-corrected chi connectivity index (χ2v) is 8.06. The first kappa shape index (κ1) is 11.9. The molecule has 3 aliphatic rings. The monoisotopic (exact) mass is 274 g/mol. The Balaban J connectivity index is 1.77. The fourth-order valence-electron chi connectivity index (χ4n) is 4.03. The fourth-order valence-corrected chi connectivity index (χ4v) is 6.19. The van der Waals surface area contributed by atoms with Gasteiger partial charge in [-0.15, -0.1) is 0 Å². The van der Waals surface area contributed by atoms with E-state index in [9.17, 15) is 9.32 Å². The van der Waals surface area contributed by atoms with Crippen LogP contribution in [0.1, 0.15) is 42.4 Å². The van der Waals surface area contributed by atoms with Crippen molar-refractivity contribution in [3.8, 4) is 0 Å². The molecule has 19 heavy (non-hydrogen) atoms. The summed E-state index contributed by atoms with van der Waals surface area (Å²) in [6, 6.07) is 6.22. The summed E-state index contributed by atoms with van der Waals surface area (Å²) in [5.74, 6) is 0. The van der Waals surface area contributed by atoms with Crippen molar-refractivity contribution >= 4 is 16.9 Å². The Morgan fingerprint density at radius 3 is 2.68 bits per heavy atom. The van der Waals surface area contributed by atoms with Crippen LogP contribution in [0, 0.1) is 0 Å². The highest BCUT2D eigenvalue weighted by Crippen LogP contribution is 2.47. The fraction of sp³-hybridized carbons (Fsp3) is 0.500. The van der Waals surface area contributed by atoms with E-state index in [0.717, 1.165) is 24.8 Å². The maximum atomic E-state index is 12.1. The normalized spacial score (nSPS) is 39.5. The number of hydrogen-bond donors (Lipinski definition) is 1. The van der Waals surface area contributed by atoms with Crippen LogP contribution < -0.4 is 0 Å². The molecule has 100 valence electrons. The summed E-state index contributed by atoms with van der Waals surface area (Å²) in [5, 5.41) is 11.5. The molecular weight excluding hydrogens is 256 g/mol. The van der Waals surface area contributed by atoms with Crippen molar-refractivity contribution in [1.82, 2.24) is 0 Å². The summed E-state index contributed by atoms with van der Waals surface area (Å²) in [6.45, 7) is 0. The van der Waals surface area contributed by atoms with E-state index in [1.165, 1.54) is 11.1 Å². The molecular formula is C16H18O2S. The molecule has 2 nitrogen and oxygen atoms in total. The Kier molecular flexibility index (Phi) is 2.52. The predicted molar refractivity (Wildman–Crippen MR) is 77.3 cm³/mol. The lowest BCUT2D eigenvalue weighted by Gasteiger charge is -2.37. The Morgan fingerprint density at radius 1 is 1.21 bits per heavy atom. The quantitative estimate of drug-likeness (QED) is 0.854. The third-order valence-electron chi connectivity index (χ3n) is 4.93. The molecule has 2 heterocycles. The van der Waals surface area contributed by atoms with Crippen molar-refractivity contribution in [3.63, 3.8) is 0 Å². The van der Waals surface area contributed by atoms with Gasteiger partial charge in [-0.1, -0.05) is 30.4 Å². The third-order valence-corrected chi connectivity index (χ3v) is 7.05. The zero-order chi connectivity index (χ0) is 13.0. The van der Waals surface area contributed by atoms with Crippen LogP contribution in [0.5, 0.6) is 0 Å². The van der Waals surface area contributed by atoms with Crippen molar-refractivity contribution < 1.29 is 9.32 Å². The van der Waals surface area contributed by atoms with E-state index in [2.05, 4.69) is 24.3 Å². The first-order valence-electron chi connectivity index (χ1n) is 7.08. The molecule has 2 unspecified atom stereocenters. The summed E-state index contributed by atoms with van der Waals surface area (Å²) in [5.41, 5.74) is 2.85. The van der Waals surface area contributed by atoms with Gasteiger partial charge in [0.1, 0.15) is 0 Å². The van der Waals surface area contributed by atoms with Gasteiger partial charge in [0.05, 0.1) is 5.60 Å². The highest BCUT2D eigenvalue weighted by molar-refractivity contribution is 7.86. The Bertz CT molecular complexity index is 574. The minimum atomic E-state index is -0.753. The van der Waals surface area contributed by atoms with Crippen molar-refractivity contribution in [2.24, 2.45) is 0 Å². The van der Waals surface area contributed by atoms with Gasteiger partial charge < -0.3 is 5.11 Å². The van der Waals surface area contributed by atoms with Crippen molar-refractivity contribution in [3.05, 3.63) is 41.0 Å². The van der Waals surface area contributed by atoms with Crippen LogP contribution in [0.4, 0.5) is 0 Å². The van der Waals surface area contributed by atoms with Gasteiger partial charge in [-0.2, -0.15) is 0 Å². The molecule has 0 aromatic heterocycles. The van der Waals surface area contributed by atoms with E-state index < -0.39 is 16.4 Å². The van der Waals surface area contributed by atoms with Gasteiger partial charge in [0, 0.05) is 21.3 Å². The molecule has 0 saturated carbocycles. The lowest BCUT2D eigenvalue weighted by atomic mass is 9.82. The molecule has 2 bridgehead atoms. The molecule has 1 N–H and O–H groups in total. The summed E-state index contributed by atoms with van der Waals surface area (Å²) < 4.78 is 12.1. The number of hydrogen-bond acceptors (Lipinski definition) is 2. The summed E-state index contributed by atoms with van der Waals surface area (Å²) in [7, 11) is -0.713. The van der Waals surface area contributed by atoms with Crippen molar-refractivity contribution in [1.29, 1.82) is 0 Å². The predicted octanol–water partition coefficient (Wildman–Crippen LogP) is 2.52. The molecule has 0 amide bonds. The van der Waals surface area contributed by atoms with Crippen molar-refractivity contribution in [2.45, 2.75) is 48.2 Å². The zero-order valence-corrected chi connectivity index (χ0v) is 11.7. The highest BCUT2D eigenvalue weighted by Gasteiger charge is 2.49. The molecule has 1 aromatic carbocycles. The largest absolute Gasteiger partial charge is 0.385 e. The maximum Gasteiger partial charge on any atom is 0.0922 e. The average molecular weight is 274 g/mol. The number of benzene rings is 1. The van der Waals surface area contributed by atoms with E-state index in [1.54, 1.807) is 0 Å². The van der Waals surface area contributed by atoms with E-state index >= 15 is 0 Å². The van der Waals surface area contributed by atoms with Gasteiger partial charge in [0.25, 0.3) is 0 Å². The second-order valence-electron chi connectivity index (χ2n) is 6.07. The van der Waals surface area contributed by atoms with Gasteiger partial charge in [-0.25, -0.2) is 0 Å². The van der Waals surface area contributed by atoms with Gasteiger partial charge in [0.2, 0.25) is 0 Å². The lowest BCUT2D eigenvalue weighted by molar-refractivity contribution is 0.0177. The van der Waals surface area contributed by atoms with Crippen LogP contribution in [-0.2, 0) is 22.8 Å². The number of fused-ring (bicyclic) bond motifs is 3. The standard InChI is InChI=1S/C16H18O2S/c17-16(9-12-7-8-13(10-16)19(12)18)15-6-2-4-11-3-1-5-14(11)15/h1-4,6,12-13,17H,5,7-10H2. The van der Waals surface area contributed by atoms with Crippen LogP contribution in [0.15, 0.2) is 24.3 Å². The van der Waals surface area contributed by atoms with Gasteiger partial charge >= 0.3 is 0 Å². The molecule has 4 rings (SSSR count). The second kappa shape index (κ2) is 4.03. The molecule has 3 heteroatoms. The Morgan fingerprint density at radius 2 is 1.95 bits per heavy atom. The molecule has 2 fully saturated rings. The van der Waals surface area contributed by atoms with Crippen LogP contribution in [0.3, 0.4) is 0 Å². The average Bonchev–Trinajstić information content (AvgIpc) is 2.94. The SMILES string of the molecule is O=S1C2CCC1CC(O)(c1cccc3c1CC=C3)C2. The summed E-state index contributed by atoms with van der Waals surface area (Å²) in [6.07, 6.45) is 8.61. The number of aliphatic hydroxyl groups is 1. The van der Waals surface area contributed by atoms with E-state index in [0.29, 0.717) is 12.8 Å². The minimum absolute atomic E-state index is 0.203. The number of rotatable bonds is 1. The molecule has 0 radical (unpaired) electrons. The summed E-state index contributed by atoms with van der Waals surface area (Å²) >= 11 is 0. The van der Waals surface area contributed by atoms with Gasteiger partial charge in [-0.05, 0) is 48.8 Å². The number of allylic oxidation sites excluding steroid dienone is 1.